The Morgan fingerprint density at radius 2 is 1.88 bits per heavy atom. The molecule has 0 spiro atoms. The van der Waals surface area contributed by atoms with Crippen molar-refractivity contribution >= 4 is 17.5 Å². The molecule has 2 heterocycles. The number of amides is 1. The van der Waals surface area contributed by atoms with E-state index in [0.29, 0.717) is 12.1 Å². The third-order valence-corrected chi connectivity index (χ3v) is 4.43. The number of aryl methyl sites for hydroxylation is 2. The summed E-state index contributed by atoms with van der Waals surface area (Å²) in [4.78, 5) is 25.4. The number of hydrogen-bond acceptors (Lipinski definition) is 5. The summed E-state index contributed by atoms with van der Waals surface area (Å²) in [6, 6.07) is 8.24. The molecule has 0 radical (unpaired) electrons. The highest BCUT2D eigenvalue weighted by Crippen LogP contribution is 2.13. The number of carbonyl (C=O) groups excluding carboxylic acids is 1. The maximum atomic E-state index is 12.1. The van der Waals surface area contributed by atoms with E-state index in [2.05, 4.69) is 51.2 Å². The van der Waals surface area contributed by atoms with Gasteiger partial charge >= 0.3 is 0 Å². The quantitative estimate of drug-likeness (QED) is 0.904. The molecule has 25 heavy (non-hydrogen) atoms. The van der Waals surface area contributed by atoms with Crippen molar-refractivity contribution in [1.29, 1.82) is 0 Å². The van der Waals surface area contributed by atoms with Crippen LogP contribution in [0.1, 0.15) is 17.5 Å². The van der Waals surface area contributed by atoms with E-state index in [-0.39, 0.29) is 5.91 Å². The first-order valence-corrected chi connectivity index (χ1v) is 8.71. The van der Waals surface area contributed by atoms with E-state index < -0.39 is 0 Å². The monoisotopic (exact) mass is 339 g/mol. The summed E-state index contributed by atoms with van der Waals surface area (Å²) in [6.45, 7) is 5.95. The van der Waals surface area contributed by atoms with E-state index in [0.717, 1.165) is 38.5 Å². The molecule has 0 saturated carbocycles. The number of benzene rings is 1. The van der Waals surface area contributed by atoms with Gasteiger partial charge in [-0.15, -0.1) is 0 Å². The van der Waals surface area contributed by atoms with Crippen LogP contribution < -0.4 is 10.2 Å². The van der Waals surface area contributed by atoms with Crippen LogP contribution in [0, 0.1) is 6.92 Å². The van der Waals surface area contributed by atoms with Crippen LogP contribution in [0.3, 0.4) is 0 Å². The van der Waals surface area contributed by atoms with Crippen molar-refractivity contribution in [2.24, 2.45) is 0 Å². The maximum absolute atomic E-state index is 12.1. The molecule has 3 rings (SSSR count). The minimum Gasteiger partial charge on any atom is -0.338 e. The number of piperazine rings is 1. The molecule has 1 aromatic heterocycles. The zero-order valence-electron chi connectivity index (χ0n) is 14.9. The predicted molar refractivity (Wildman–Crippen MR) is 99.9 cm³/mol. The van der Waals surface area contributed by atoms with Gasteiger partial charge in [0.15, 0.2) is 0 Å². The molecule has 1 aliphatic heterocycles. The van der Waals surface area contributed by atoms with Crippen LogP contribution in [0.15, 0.2) is 36.7 Å². The van der Waals surface area contributed by atoms with Gasteiger partial charge in [0.25, 0.3) is 0 Å². The minimum atomic E-state index is -0.0162. The molecular formula is C19H25N5O. The highest BCUT2D eigenvalue weighted by atomic mass is 16.1. The summed E-state index contributed by atoms with van der Waals surface area (Å²) in [7, 11) is 2.12. The van der Waals surface area contributed by atoms with Gasteiger partial charge in [0.05, 0.1) is 18.1 Å². The first-order valence-electron chi connectivity index (χ1n) is 8.71. The van der Waals surface area contributed by atoms with Crippen LogP contribution in [0.4, 0.5) is 11.6 Å². The van der Waals surface area contributed by atoms with E-state index in [4.69, 9.17) is 0 Å². The Morgan fingerprint density at radius 1 is 1.16 bits per heavy atom. The van der Waals surface area contributed by atoms with Gasteiger partial charge in [-0.3, -0.25) is 4.79 Å². The number of carbonyl (C=O) groups is 1. The normalized spacial score (nSPS) is 15.2. The molecule has 1 fully saturated rings. The van der Waals surface area contributed by atoms with E-state index in [1.807, 2.05) is 12.1 Å². The Morgan fingerprint density at radius 3 is 2.56 bits per heavy atom. The average molecular weight is 339 g/mol. The lowest BCUT2D eigenvalue weighted by molar-refractivity contribution is -0.116. The van der Waals surface area contributed by atoms with Crippen molar-refractivity contribution in [3.63, 3.8) is 0 Å². The first-order chi connectivity index (χ1) is 12.1. The third-order valence-electron chi connectivity index (χ3n) is 4.43. The van der Waals surface area contributed by atoms with Crippen LogP contribution in [0.25, 0.3) is 0 Å². The van der Waals surface area contributed by atoms with E-state index in [9.17, 15) is 4.79 Å². The Bertz CT molecular complexity index is 708. The van der Waals surface area contributed by atoms with Crippen molar-refractivity contribution in [2.75, 3.05) is 43.4 Å². The molecule has 1 aromatic carbocycles. The van der Waals surface area contributed by atoms with E-state index in [1.165, 1.54) is 11.1 Å². The molecule has 132 valence electrons. The van der Waals surface area contributed by atoms with Gasteiger partial charge in [-0.05, 0) is 26.0 Å². The van der Waals surface area contributed by atoms with E-state index in [1.54, 1.807) is 12.4 Å². The Kier molecular flexibility index (Phi) is 5.60. The number of rotatable bonds is 5. The Hall–Kier alpha value is -2.47. The summed E-state index contributed by atoms with van der Waals surface area (Å²) in [5, 5.41) is 2.87. The van der Waals surface area contributed by atoms with Gasteiger partial charge in [-0.2, -0.15) is 0 Å². The number of anilines is 2. The number of nitrogens with one attached hydrogen (secondary N) is 1. The van der Waals surface area contributed by atoms with Crippen LogP contribution in [0.2, 0.25) is 0 Å². The summed E-state index contributed by atoms with van der Waals surface area (Å²) in [6.07, 6.45) is 4.55. The number of hydrogen-bond donors (Lipinski definition) is 1. The largest absolute Gasteiger partial charge is 0.338 e. The highest BCUT2D eigenvalue weighted by Gasteiger charge is 2.16. The second kappa shape index (κ2) is 8.07. The fourth-order valence-corrected chi connectivity index (χ4v) is 2.90. The second-order valence-corrected chi connectivity index (χ2v) is 6.60. The topological polar surface area (TPSA) is 61.4 Å². The van der Waals surface area contributed by atoms with Gasteiger partial charge in [-0.25, -0.2) is 9.97 Å². The summed E-state index contributed by atoms with van der Waals surface area (Å²) < 4.78 is 0. The van der Waals surface area contributed by atoms with Gasteiger partial charge in [0.1, 0.15) is 0 Å². The summed E-state index contributed by atoms with van der Waals surface area (Å²) in [5.74, 6) is 0.711. The van der Waals surface area contributed by atoms with Crippen LogP contribution in [0.5, 0.6) is 0 Å². The number of aromatic nitrogens is 2. The van der Waals surface area contributed by atoms with Gasteiger partial charge in [0.2, 0.25) is 11.9 Å². The SMILES string of the molecule is Cc1cccc(CCC(=O)Nc2cnc(N3CCN(C)CC3)nc2)c1. The minimum absolute atomic E-state index is 0.0162. The molecule has 1 aliphatic rings. The average Bonchev–Trinajstić information content (AvgIpc) is 2.62. The molecular weight excluding hydrogens is 314 g/mol. The molecule has 2 aromatic rings. The first kappa shape index (κ1) is 17.4. The van der Waals surface area contributed by atoms with Crippen molar-refractivity contribution in [2.45, 2.75) is 19.8 Å². The van der Waals surface area contributed by atoms with Gasteiger partial charge in [-0.1, -0.05) is 29.8 Å². The number of nitrogens with zero attached hydrogens (tertiary/aromatic N) is 4. The van der Waals surface area contributed by atoms with Crippen molar-refractivity contribution in [3.05, 3.63) is 47.8 Å². The fraction of sp³-hybridized carbons (Fsp3) is 0.421. The highest BCUT2D eigenvalue weighted by molar-refractivity contribution is 5.90. The molecule has 6 heteroatoms. The second-order valence-electron chi connectivity index (χ2n) is 6.60. The van der Waals surface area contributed by atoms with Crippen LogP contribution >= 0.6 is 0 Å². The molecule has 1 N–H and O–H groups in total. The fourth-order valence-electron chi connectivity index (χ4n) is 2.90. The lowest BCUT2D eigenvalue weighted by atomic mass is 10.1. The number of likely N-dealkylation sites (N-methyl/N-ethyl adjacent to an activating group) is 1. The maximum Gasteiger partial charge on any atom is 0.225 e. The van der Waals surface area contributed by atoms with Crippen LogP contribution in [-0.2, 0) is 11.2 Å². The van der Waals surface area contributed by atoms with Crippen molar-refractivity contribution in [3.8, 4) is 0 Å². The van der Waals surface area contributed by atoms with Crippen molar-refractivity contribution in [1.82, 2.24) is 14.9 Å². The van der Waals surface area contributed by atoms with Gasteiger partial charge in [0, 0.05) is 32.6 Å². The molecule has 0 bridgehead atoms. The Labute approximate surface area is 148 Å². The van der Waals surface area contributed by atoms with Crippen molar-refractivity contribution < 1.29 is 4.79 Å². The molecule has 0 unspecified atom stereocenters. The standard InChI is InChI=1S/C19H25N5O/c1-15-4-3-5-16(12-15)6-7-18(25)22-17-13-20-19(21-14-17)24-10-8-23(2)9-11-24/h3-5,12-14H,6-11H2,1-2H3,(H,22,25). The van der Waals surface area contributed by atoms with Gasteiger partial charge < -0.3 is 15.1 Å². The lowest BCUT2D eigenvalue weighted by Crippen LogP contribution is -2.45. The molecule has 1 amide bonds. The molecule has 0 atom stereocenters. The summed E-state index contributed by atoms with van der Waals surface area (Å²) >= 11 is 0. The summed E-state index contributed by atoms with van der Waals surface area (Å²) in [5.41, 5.74) is 3.04. The molecule has 1 saturated heterocycles. The molecule has 6 nitrogen and oxygen atoms in total. The zero-order chi connectivity index (χ0) is 17.6. The lowest BCUT2D eigenvalue weighted by Gasteiger charge is -2.32. The van der Waals surface area contributed by atoms with E-state index >= 15 is 0 Å². The predicted octanol–water partition coefficient (Wildman–Crippen LogP) is 2.11. The van der Waals surface area contributed by atoms with Crippen LogP contribution in [-0.4, -0.2) is 54.0 Å². The zero-order valence-corrected chi connectivity index (χ0v) is 14.9. The third kappa shape index (κ3) is 5.00. The Balaban J connectivity index is 1.50. The smallest absolute Gasteiger partial charge is 0.225 e. The molecule has 0 aliphatic carbocycles.